The molecule has 1 aliphatic rings. The minimum atomic E-state index is 0. The molecule has 0 aliphatic carbocycles. The Morgan fingerprint density at radius 2 is 2.07 bits per heavy atom. The third-order valence-corrected chi connectivity index (χ3v) is 4.30. The van der Waals surface area contributed by atoms with Crippen molar-refractivity contribution in [1.29, 1.82) is 0 Å². The van der Waals surface area contributed by atoms with Gasteiger partial charge in [0.2, 0.25) is 5.91 Å². The molecular weight excluding hydrogens is 455 g/mol. The van der Waals surface area contributed by atoms with Gasteiger partial charge in [-0.2, -0.15) is 0 Å². The van der Waals surface area contributed by atoms with E-state index < -0.39 is 0 Å². The number of nitrogens with zero attached hydrogens (tertiary/aromatic N) is 2. The van der Waals surface area contributed by atoms with Gasteiger partial charge in [-0.05, 0) is 18.9 Å². The number of guanidine groups is 1. The van der Waals surface area contributed by atoms with Crippen molar-refractivity contribution >= 4 is 35.8 Å². The number of rotatable bonds is 8. The number of ether oxygens (including phenoxy) is 1. The van der Waals surface area contributed by atoms with Gasteiger partial charge in [-0.3, -0.25) is 9.79 Å². The average molecular weight is 488 g/mol. The lowest BCUT2D eigenvalue weighted by atomic mass is 10.2. The average Bonchev–Trinajstić information content (AvgIpc) is 3.10. The molecule has 152 valence electrons. The molecule has 2 N–H and O–H groups in total. The van der Waals surface area contributed by atoms with E-state index in [-0.39, 0.29) is 41.8 Å². The highest BCUT2D eigenvalue weighted by atomic mass is 127. The zero-order chi connectivity index (χ0) is 18.8. The van der Waals surface area contributed by atoms with Crippen LogP contribution < -0.4 is 10.6 Å². The van der Waals surface area contributed by atoms with Crippen LogP contribution in [0.15, 0.2) is 35.3 Å². The first-order valence-electron chi connectivity index (χ1n) is 9.55. The fourth-order valence-electron chi connectivity index (χ4n) is 2.94. The number of aliphatic imine (C=N–C) groups is 1. The lowest BCUT2D eigenvalue weighted by Gasteiger charge is -2.20. The van der Waals surface area contributed by atoms with E-state index in [1.165, 1.54) is 5.56 Å². The number of benzene rings is 1. The quantitative estimate of drug-likeness (QED) is 0.256. The summed E-state index contributed by atoms with van der Waals surface area (Å²) in [4.78, 5) is 18.6. The van der Waals surface area contributed by atoms with Gasteiger partial charge in [0.25, 0.3) is 0 Å². The number of nitrogens with one attached hydrogen (secondary N) is 2. The van der Waals surface area contributed by atoms with Crippen LogP contribution in [0.3, 0.4) is 0 Å². The van der Waals surface area contributed by atoms with E-state index in [0.717, 1.165) is 32.0 Å². The van der Waals surface area contributed by atoms with E-state index in [1.807, 2.05) is 43.9 Å². The first-order valence-corrected chi connectivity index (χ1v) is 9.55. The first-order chi connectivity index (χ1) is 12.6. The number of hydrogen-bond donors (Lipinski definition) is 2. The summed E-state index contributed by atoms with van der Waals surface area (Å²) in [5, 5.41) is 6.70. The molecule has 1 unspecified atom stereocenters. The topological polar surface area (TPSA) is 66.0 Å². The highest BCUT2D eigenvalue weighted by molar-refractivity contribution is 14.0. The van der Waals surface area contributed by atoms with E-state index in [1.54, 1.807) is 0 Å². The highest BCUT2D eigenvalue weighted by Crippen LogP contribution is 2.12. The van der Waals surface area contributed by atoms with Crippen LogP contribution in [0.5, 0.6) is 0 Å². The molecule has 0 aromatic heterocycles. The van der Waals surface area contributed by atoms with Gasteiger partial charge in [0.15, 0.2) is 5.96 Å². The molecule has 0 radical (unpaired) electrons. The molecule has 7 heteroatoms. The van der Waals surface area contributed by atoms with Crippen LogP contribution in [-0.2, 0) is 16.1 Å². The highest BCUT2D eigenvalue weighted by Gasteiger charge is 2.27. The number of amides is 1. The summed E-state index contributed by atoms with van der Waals surface area (Å²) in [6.45, 7) is 10.1. The maximum absolute atomic E-state index is 12.1. The monoisotopic (exact) mass is 488 g/mol. The summed E-state index contributed by atoms with van der Waals surface area (Å²) in [6, 6.07) is 10.4. The molecule has 1 saturated heterocycles. The minimum Gasteiger partial charge on any atom is -0.375 e. The Bertz CT molecular complexity index is 581. The number of carbonyl (C=O) groups is 1. The summed E-state index contributed by atoms with van der Waals surface area (Å²) >= 11 is 0. The van der Waals surface area contributed by atoms with Crippen molar-refractivity contribution in [3.63, 3.8) is 0 Å². The molecule has 1 aliphatic heterocycles. The maximum Gasteiger partial charge on any atom is 0.225 e. The molecule has 1 amide bonds. The smallest absolute Gasteiger partial charge is 0.225 e. The molecule has 2 rings (SSSR count). The summed E-state index contributed by atoms with van der Waals surface area (Å²) in [5.41, 5.74) is 1.17. The second-order valence-corrected chi connectivity index (χ2v) is 6.87. The molecule has 0 bridgehead atoms. The van der Waals surface area contributed by atoms with Gasteiger partial charge < -0.3 is 20.3 Å². The molecule has 1 heterocycles. The standard InChI is InChI=1S/C20H32N4O2.HI/c1-4-21-20(22-11-13-26-15-17-8-6-5-7-9-17)23-18-10-12-24(14-18)19(25)16(2)3;/h5-9,16,18H,4,10-15H2,1-3H3,(H2,21,22,23);1H. The van der Waals surface area contributed by atoms with Gasteiger partial charge in [-0.25, -0.2) is 0 Å². The van der Waals surface area contributed by atoms with E-state index in [0.29, 0.717) is 19.8 Å². The van der Waals surface area contributed by atoms with Crippen molar-refractivity contribution in [3.8, 4) is 0 Å². The fraction of sp³-hybridized carbons (Fsp3) is 0.600. The third-order valence-electron chi connectivity index (χ3n) is 4.30. The predicted molar refractivity (Wildman–Crippen MR) is 120 cm³/mol. The normalized spacial score (nSPS) is 17.0. The van der Waals surface area contributed by atoms with Crippen LogP contribution in [0.1, 0.15) is 32.8 Å². The van der Waals surface area contributed by atoms with Crippen LogP contribution in [0.2, 0.25) is 0 Å². The second-order valence-electron chi connectivity index (χ2n) is 6.87. The molecule has 1 atom stereocenters. The zero-order valence-electron chi connectivity index (χ0n) is 16.6. The minimum absolute atomic E-state index is 0. The Balaban J connectivity index is 0.00000364. The predicted octanol–water partition coefficient (Wildman–Crippen LogP) is 2.63. The van der Waals surface area contributed by atoms with Crippen molar-refractivity contribution in [2.24, 2.45) is 10.9 Å². The largest absolute Gasteiger partial charge is 0.375 e. The van der Waals surface area contributed by atoms with Crippen LogP contribution >= 0.6 is 24.0 Å². The Morgan fingerprint density at radius 1 is 1.33 bits per heavy atom. The number of hydrogen-bond acceptors (Lipinski definition) is 3. The van der Waals surface area contributed by atoms with Gasteiger partial charge in [0.05, 0.1) is 19.8 Å². The molecule has 1 fully saturated rings. The van der Waals surface area contributed by atoms with Crippen molar-refractivity contribution in [2.45, 2.75) is 39.8 Å². The van der Waals surface area contributed by atoms with E-state index in [9.17, 15) is 4.79 Å². The Morgan fingerprint density at radius 3 is 2.74 bits per heavy atom. The van der Waals surface area contributed by atoms with Crippen molar-refractivity contribution in [3.05, 3.63) is 35.9 Å². The molecule has 0 spiro atoms. The van der Waals surface area contributed by atoms with Crippen LogP contribution in [0.4, 0.5) is 0 Å². The zero-order valence-corrected chi connectivity index (χ0v) is 18.9. The number of likely N-dealkylation sites (tertiary alicyclic amines) is 1. The van der Waals surface area contributed by atoms with Gasteiger partial charge in [-0.15, -0.1) is 24.0 Å². The van der Waals surface area contributed by atoms with Crippen molar-refractivity contribution in [2.75, 3.05) is 32.8 Å². The van der Waals surface area contributed by atoms with E-state index in [2.05, 4.69) is 27.8 Å². The van der Waals surface area contributed by atoms with E-state index in [4.69, 9.17) is 4.74 Å². The van der Waals surface area contributed by atoms with Crippen molar-refractivity contribution in [1.82, 2.24) is 15.5 Å². The van der Waals surface area contributed by atoms with Crippen LogP contribution in [0, 0.1) is 5.92 Å². The lowest BCUT2D eigenvalue weighted by molar-refractivity contribution is -0.133. The lowest BCUT2D eigenvalue weighted by Crippen LogP contribution is -2.45. The van der Waals surface area contributed by atoms with E-state index >= 15 is 0 Å². The van der Waals surface area contributed by atoms with Gasteiger partial charge >= 0.3 is 0 Å². The Kier molecular flexibility index (Phi) is 11.3. The summed E-state index contributed by atoms with van der Waals surface area (Å²) in [5.74, 6) is 1.07. The molecular formula is C20H33IN4O2. The van der Waals surface area contributed by atoms with Crippen LogP contribution in [0.25, 0.3) is 0 Å². The van der Waals surface area contributed by atoms with Gasteiger partial charge in [0, 0.05) is 31.6 Å². The SMILES string of the molecule is CCNC(=NCCOCc1ccccc1)NC1CCN(C(=O)C(C)C)C1.I. The Labute approximate surface area is 180 Å². The maximum atomic E-state index is 12.1. The van der Waals surface area contributed by atoms with Gasteiger partial charge in [0.1, 0.15) is 0 Å². The second kappa shape index (κ2) is 12.9. The third kappa shape index (κ3) is 8.47. The molecule has 1 aromatic carbocycles. The number of halogens is 1. The summed E-state index contributed by atoms with van der Waals surface area (Å²) < 4.78 is 5.68. The van der Waals surface area contributed by atoms with Crippen LogP contribution in [-0.4, -0.2) is 55.6 Å². The fourth-order valence-corrected chi connectivity index (χ4v) is 2.94. The number of carbonyl (C=O) groups excluding carboxylic acids is 1. The summed E-state index contributed by atoms with van der Waals surface area (Å²) in [6.07, 6.45) is 0.952. The van der Waals surface area contributed by atoms with Crippen molar-refractivity contribution < 1.29 is 9.53 Å². The molecule has 1 aromatic rings. The van der Waals surface area contributed by atoms with Gasteiger partial charge in [-0.1, -0.05) is 44.2 Å². The molecule has 0 saturated carbocycles. The first kappa shape index (κ1) is 23.7. The molecule has 27 heavy (non-hydrogen) atoms. The molecule has 6 nitrogen and oxygen atoms in total. The Hall–Kier alpha value is -1.35. The summed E-state index contributed by atoms with van der Waals surface area (Å²) in [7, 11) is 0.